The number of rotatable bonds is 16. The van der Waals surface area contributed by atoms with Gasteiger partial charge < -0.3 is 19.9 Å². The number of nitrogens with zero attached hydrogens (tertiary/aromatic N) is 7. The highest BCUT2D eigenvalue weighted by Gasteiger charge is 2.54. The Bertz CT molecular complexity index is 1820. The molecule has 1 aliphatic heterocycles. The Labute approximate surface area is 278 Å². The molecule has 4 aromatic rings. The highest BCUT2D eigenvalue weighted by Crippen LogP contribution is 2.44. The summed E-state index contributed by atoms with van der Waals surface area (Å²) in [5.41, 5.74) is 21.3. The predicted octanol–water partition coefficient (Wildman–Crippen LogP) is 6.93. The summed E-state index contributed by atoms with van der Waals surface area (Å²) in [5.74, 6) is 0.560. The van der Waals surface area contributed by atoms with Gasteiger partial charge in [0, 0.05) is 41.4 Å². The van der Waals surface area contributed by atoms with Crippen LogP contribution in [0.15, 0.2) is 118 Å². The summed E-state index contributed by atoms with van der Waals surface area (Å²) < 4.78 is 12.4. The summed E-state index contributed by atoms with van der Waals surface area (Å²) >= 11 is 0. The molecule has 0 spiro atoms. The molecule has 12 heteroatoms. The Kier molecular flexibility index (Phi) is 11.7. The van der Waals surface area contributed by atoms with Crippen molar-refractivity contribution in [3.63, 3.8) is 0 Å². The molecular formula is C36H36N8O4. The maximum atomic E-state index is 14.7. The summed E-state index contributed by atoms with van der Waals surface area (Å²) in [4.78, 5) is 25.7. The Morgan fingerprint density at radius 1 is 0.875 bits per heavy atom. The van der Waals surface area contributed by atoms with E-state index in [9.17, 15) is 4.79 Å². The van der Waals surface area contributed by atoms with E-state index in [0.717, 1.165) is 16.7 Å². The Morgan fingerprint density at radius 3 is 2.23 bits per heavy atom. The zero-order chi connectivity index (χ0) is 33.6. The number of aliphatic imine (C=N–C) groups is 1. The zero-order valence-corrected chi connectivity index (χ0v) is 26.4. The number of azide groups is 2. The number of hydrogen-bond donors (Lipinski definition) is 2. The van der Waals surface area contributed by atoms with E-state index < -0.39 is 11.6 Å². The molecule has 244 valence electrons. The van der Waals surface area contributed by atoms with Crippen molar-refractivity contribution in [3.8, 4) is 5.75 Å². The monoisotopic (exact) mass is 644 g/mol. The van der Waals surface area contributed by atoms with Gasteiger partial charge in [-0.3, -0.25) is 4.79 Å². The highest BCUT2D eigenvalue weighted by atomic mass is 16.5. The molecule has 0 fully saturated rings. The number of aliphatic hydroxyl groups excluding tert-OH is 1. The van der Waals surface area contributed by atoms with Crippen LogP contribution in [0.1, 0.15) is 45.9 Å². The third-order valence-electron chi connectivity index (χ3n) is 8.10. The lowest BCUT2D eigenvalue weighted by atomic mass is 9.79. The largest absolute Gasteiger partial charge is 0.494 e. The second-order valence-corrected chi connectivity index (χ2v) is 11.2. The molecule has 1 aliphatic rings. The molecule has 48 heavy (non-hydrogen) atoms. The van der Waals surface area contributed by atoms with Gasteiger partial charge in [-0.15, -0.1) is 0 Å². The maximum absolute atomic E-state index is 14.7. The molecule has 0 saturated carbocycles. The molecule has 1 amide bonds. The highest BCUT2D eigenvalue weighted by molar-refractivity contribution is 6.01. The number of ether oxygens (including phenoxy) is 2. The van der Waals surface area contributed by atoms with Crippen LogP contribution in [0, 0.1) is 0 Å². The fraction of sp³-hybridized carbons (Fsp3) is 0.278. The number of benzene rings is 4. The van der Waals surface area contributed by atoms with Gasteiger partial charge in [-0.25, -0.2) is 4.99 Å². The van der Waals surface area contributed by atoms with Crippen LogP contribution in [-0.4, -0.2) is 42.2 Å². The molecule has 2 N–H and O–H groups in total. The fourth-order valence-electron chi connectivity index (χ4n) is 5.70. The van der Waals surface area contributed by atoms with Crippen LogP contribution in [0.25, 0.3) is 20.9 Å². The third-order valence-corrected chi connectivity index (χ3v) is 8.10. The van der Waals surface area contributed by atoms with E-state index in [4.69, 9.17) is 30.6 Å². The zero-order valence-electron chi connectivity index (χ0n) is 26.4. The van der Waals surface area contributed by atoms with Gasteiger partial charge in [0.25, 0.3) is 5.91 Å². The standard InChI is InChI=1S/C36H36N8O4/c37-43-40-24-29-12-5-4-11-28(29)23-36(35(46)39-20-19-26-9-2-1-3-10-26)33(32-14-7-6-13-30(32)25-41-44-38)48-34(42-36)27-15-17-31(18-16-27)47-22-8-21-45/h1-7,9-18,33,45H,8,19-25H2,(H,39,46)/t33-,36-/m1/s1. The number of aliphatic hydroxyl groups is 1. The van der Waals surface area contributed by atoms with E-state index >= 15 is 0 Å². The van der Waals surface area contributed by atoms with Gasteiger partial charge in [-0.2, -0.15) is 0 Å². The van der Waals surface area contributed by atoms with Gasteiger partial charge in [0.1, 0.15) is 5.75 Å². The SMILES string of the molecule is [N-]=[N+]=NCc1ccccc1C[C@@]1(C(=O)NCCc2ccccc2)N=C(c2ccc(OCCCO)cc2)O[C@@H]1c1ccccc1CN=[N+]=[N-]. The van der Waals surface area contributed by atoms with Crippen molar-refractivity contribution in [2.45, 2.75) is 44.0 Å². The smallest absolute Gasteiger partial charge is 0.252 e. The van der Waals surface area contributed by atoms with Gasteiger partial charge in [-0.05, 0) is 69.6 Å². The third kappa shape index (κ3) is 8.12. The molecule has 0 aromatic heterocycles. The first-order valence-corrected chi connectivity index (χ1v) is 15.7. The van der Waals surface area contributed by atoms with Crippen LogP contribution in [0.2, 0.25) is 0 Å². The summed E-state index contributed by atoms with van der Waals surface area (Å²) in [6, 6.07) is 32.0. The minimum absolute atomic E-state index is 0.0345. The van der Waals surface area contributed by atoms with Crippen LogP contribution in [0.4, 0.5) is 0 Å². The molecule has 0 bridgehead atoms. The van der Waals surface area contributed by atoms with Crippen LogP contribution in [-0.2, 0) is 35.5 Å². The van der Waals surface area contributed by atoms with Crippen molar-refractivity contribution >= 4 is 11.8 Å². The van der Waals surface area contributed by atoms with E-state index in [2.05, 4.69) is 25.4 Å². The maximum Gasteiger partial charge on any atom is 0.252 e. The Balaban J connectivity index is 1.61. The van der Waals surface area contributed by atoms with E-state index in [0.29, 0.717) is 48.4 Å². The van der Waals surface area contributed by atoms with Crippen LogP contribution < -0.4 is 10.1 Å². The minimum Gasteiger partial charge on any atom is -0.494 e. The van der Waals surface area contributed by atoms with Crippen LogP contribution in [0.3, 0.4) is 0 Å². The van der Waals surface area contributed by atoms with E-state index in [1.165, 1.54) is 0 Å². The van der Waals surface area contributed by atoms with E-state index in [1.807, 2.05) is 91.0 Å². The second kappa shape index (κ2) is 16.7. The first-order chi connectivity index (χ1) is 23.6. The van der Waals surface area contributed by atoms with Gasteiger partial charge in [0.2, 0.25) is 5.90 Å². The number of amides is 1. The molecule has 5 rings (SSSR count). The first kappa shape index (κ1) is 33.6. The topological polar surface area (TPSA) is 178 Å². The summed E-state index contributed by atoms with van der Waals surface area (Å²) in [5, 5.41) is 19.8. The summed E-state index contributed by atoms with van der Waals surface area (Å²) in [7, 11) is 0. The molecule has 0 saturated heterocycles. The molecule has 1 heterocycles. The molecule has 12 nitrogen and oxygen atoms in total. The lowest BCUT2D eigenvalue weighted by Gasteiger charge is -2.32. The van der Waals surface area contributed by atoms with Crippen molar-refractivity contribution in [2.24, 2.45) is 15.2 Å². The normalized spacial score (nSPS) is 16.5. The van der Waals surface area contributed by atoms with Crippen molar-refractivity contribution in [1.29, 1.82) is 0 Å². The first-order valence-electron chi connectivity index (χ1n) is 15.7. The van der Waals surface area contributed by atoms with Gasteiger partial charge >= 0.3 is 0 Å². The van der Waals surface area contributed by atoms with Gasteiger partial charge in [-0.1, -0.05) is 89.1 Å². The van der Waals surface area contributed by atoms with Crippen LogP contribution in [0.5, 0.6) is 5.75 Å². The summed E-state index contributed by atoms with van der Waals surface area (Å²) in [6.45, 7) is 0.932. The quantitative estimate of drug-likeness (QED) is 0.0582. The number of hydrogen-bond acceptors (Lipinski definition) is 7. The van der Waals surface area contributed by atoms with Crippen molar-refractivity contribution in [1.82, 2.24) is 5.32 Å². The van der Waals surface area contributed by atoms with Crippen molar-refractivity contribution in [3.05, 3.63) is 157 Å². The van der Waals surface area contributed by atoms with Crippen molar-refractivity contribution < 1.29 is 19.4 Å². The van der Waals surface area contributed by atoms with E-state index in [1.54, 1.807) is 12.1 Å². The Morgan fingerprint density at radius 2 is 1.52 bits per heavy atom. The van der Waals surface area contributed by atoms with Crippen LogP contribution >= 0.6 is 0 Å². The van der Waals surface area contributed by atoms with Gasteiger partial charge in [0.05, 0.1) is 19.7 Å². The lowest BCUT2D eigenvalue weighted by Crippen LogP contribution is -2.50. The average molecular weight is 645 g/mol. The number of nitrogens with one attached hydrogen (secondary N) is 1. The fourth-order valence-corrected chi connectivity index (χ4v) is 5.70. The lowest BCUT2D eigenvalue weighted by molar-refractivity contribution is -0.128. The molecule has 0 radical (unpaired) electrons. The predicted molar refractivity (Wildman–Crippen MR) is 182 cm³/mol. The number of carbonyl (C=O) groups excluding carboxylic acids is 1. The molecule has 0 aliphatic carbocycles. The minimum atomic E-state index is -1.50. The van der Waals surface area contributed by atoms with E-state index in [-0.39, 0.29) is 37.9 Å². The molecular weight excluding hydrogens is 608 g/mol. The summed E-state index contributed by atoms with van der Waals surface area (Å²) in [6.07, 6.45) is 0.358. The second-order valence-electron chi connectivity index (χ2n) is 11.2. The van der Waals surface area contributed by atoms with Crippen molar-refractivity contribution in [2.75, 3.05) is 19.8 Å². The Hall–Kier alpha value is -5.80. The molecule has 2 atom stereocenters. The molecule has 0 unspecified atom stereocenters. The average Bonchev–Trinajstić information content (AvgIpc) is 3.51. The molecule has 4 aromatic carbocycles. The van der Waals surface area contributed by atoms with Gasteiger partial charge in [0.15, 0.2) is 11.6 Å². The number of carbonyl (C=O) groups is 1.